The van der Waals surface area contributed by atoms with Crippen molar-refractivity contribution in [1.29, 1.82) is 0 Å². The highest BCUT2D eigenvalue weighted by Crippen LogP contribution is 2.20. The Bertz CT molecular complexity index is 894. The number of rotatable bonds is 5. The van der Waals surface area contributed by atoms with Crippen molar-refractivity contribution in [3.8, 4) is 0 Å². The summed E-state index contributed by atoms with van der Waals surface area (Å²) >= 11 is 0. The van der Waals surface area contributed by atoms with Gasteiger partial charge in [-0.2, -0.15) is 0 Å². The lowest BCUT2D eigenvalue weighted by atomic mass is 9.99. The summed E-state index contributed by atoms with van der Waals surface area (Å²) in [5.74, 6) is 0. The Balaban J connectivity index is 1.40. The fourth-order valence-corrected chi connectivity index (χ4v) is 3.75. The zero-order valence-corrected chi connectivity index (χ0v) is 16.4. The number of benzene rings is 2. The van der Waals surface area contributed by atoms with Crippen LogP contribution in [0.4, 0.5) is 10.5 Å². The fraction of sp³-hybridized carbons (Fsp3) is 0.250. The molecule has 5 nitrogen and oxygen atoms in total. The Morgan fingerprint density at radius 2 is 1.48 bits per heavy atom. The SMILES string of the molecule is O=C(NC(Cc1ccccc1)c1ccccc1)N1CCN(c2ccncc2)CC1. The van der Waals surface area contributed by atoms with E-state index in [0.717, 1.165) is 30.8 Å². The van der Waals surface area contributed by atoms with Crippen LogP contribution < -0.4 is 10.2 Å². The summed E-state index contributed by atoms with van der Waals surface area (Å²) < 4.78 is 0. The predicted molar refractivity (Wildman–Crippen MR) is 116 cm³/mol. The summed E-state index contributed by atoms with van der Waals surface area (Å²) in [5.41, 5.74) is 3.50. The van der Waals surface area contributed by atoms with Crippen molar-refractivity contribution in [3.05, 3.63) is 96.3 Å². The van der Waals surface area contributed by atoms with Gasteiger partial charge in [-0.05, 0) is 29.7 Å². The number of urea groups is 1. The van der Waals surface area contributed by atoms with Gasteiger partial charge in [-0.1, -0.05) is 60.7 Å². The van der Waals surface area contributed by atoms with E-state index in [1.807, 2.05) is 65.8 Å². The van der Waals surface area contributed by atoms with Gasteiger partial charge >= 0.3 is 6.03 Å². The molecule has 2 amide bonds. The molecule has 2 heterocycles. The molecule has 1 aromatic heterocycles. The molecule has 1 fully saturated rings. The summed E-state index contributed by atoms with van der Waals surface area (Å²) in [5, 5.41) is 3.26. The van der Waals surface area contributed by atoms with Gasteiger partial charge in [0.15, 0.2) is 0 Å². The van der Waals surface area contributed by atoms with E-state index >= 15 is 0 Å². The van der Waals surface area contributed by atoms with Crippen LogP contribution >= 0.6 is 0 Å². The average molecular weight is 386 g/mol. The maximum Gasteiger partial charge on any atom is 0.318 e. The van der Waals surface area contributed by atoms with Gasteiger partial charge in [-0.15, -0.1) is 0 Å². The molecule has 1 atom stereocenters. The Kier molecular flexibility index (Phi) is 6.05. The first-order valence-corrected chi connectivity index (χ1v) is 10.1. The highest BCUT2D eigenvalue weighted by atomic mass is 16.2. The fourth-order valence-electron chi connectivity index (χ4n) is 3.75. The second-order valence-corrected chi connectivity index (χ2v) is 7.28. The molecule has 0 spiro atoms. The lowest BCUT2D eigenvalue weighted by molar-refractivity contribution is 0.190. The number of nitrogens with zero attached hydrogens (tertiary/aromatic N) is 3. The summed E-state index contributed by atoms with van der Waals surface area (Å²) in [6.45, 7) is 3.07. The molecule has 1 aliphatic heterocycles. The molecule has 1 aliphatic rings. The molecular weight excluding hydrogens is 360 g/mol. The summed E-state index contributed by atoms with van der Waals surface area (Å²) in [4.78, 5) is 21.3. The summed E-state index contributed by atoms with van der Waals surface area (Å²) in [6.07, 6.45) is 4.39. The number of hydrogen-bond acceptors (Lipinski definition) is 3. The second kappa shape index (κ2) is 9.24. The van der Waals surface area contributed by atoms with E-state index in [2.05, 4.69) is 39.5 Å². The maximum absolute atomic E-state index is 13.0. The van der Waals surface area contributed by atoms with Crippen LogP contribution in [0.25, 0.3) is 0 Å². The molecule has 0 aliphatic carbocycles. The minimum absolute atomic E-state index is 0.00385. The molecule has 0 bridgehead atoms. The number of carbonyl (C=O) groups is 1. The molecule has 0 radical (unpaired) electrons. The van der Waals surface area contributed by atoms with E-state index in [0.29, 0.717) is 13.1 Å². The number of piperazine rings is 1. The van der Waals surface area contributed by atoms with Gasteiger partial charge in [0.1, 0.15) is 0 Å². The van der Waals surface area contributed by atoms with E-state index in [1.54, 1.807) is 0 Å². The van der Waals surface area contributed by atoms with Crippen LogP contribution in [0.2, 0.25) is 0 Å². The van der Waals surface area contributed by atoms with Crippen LogP contribution in [0, 0.1) is 0 Å². The van der Waals surface area contributed by atoms with Crippen molar-refractivity contribution in [2.45, 2.75) is 12.5 Å². The first-order valence-electron chi connectivity index (χ1n) is 10.1. The van der Waals surface area contributed by atoms with Crippen LogP contribution in [-0.4, -0.2) is 42.1 Å². The van der Waals surface area contributed by atoms with Crippen LogP contribution in [0.5, 0.6) is 0 Å². The smallest absolute Gasteiger partial charge is 0.318 e. The minimum Gasteiger partial charge on any atom is -0.368 e. The number of aromatic nitrogens is 1. The second-order valence-electron chi connectivity index (χ2n) is 7.28. The first-order chi connectivity index (χ1) is 14.3. The molecule has 1 N–H and O–H groups in total. The van der Waals surface area contributed by atoms with Crippen molar-refractivity contribution in [2.75, 3.05) is 31.1 Å². The number of anilines is 1. The minimum atomic E-state index is -0.0515. The van der Waals surface area contributed by atoms with Gasteiger partial charge < -0.3 is 15.1 Å². The molecule has 2 aromatic carbocycles. The Morgan fingerprint density at radius 3 is 2.14 bits per heavy atom. The van der Waals surface area contributed by atoms with Crippen molar-refractivity contribution in [2.24, 2.45) is 0 Å². The quantitative estimate of drug-likeness (QED) is 0.724. The van der Waals surface area contributed by atoms with Gasteiger partial charge in [0.05, 0.1) is 6.04 Å². The topological polar surface area (TPSA) is 48.5 Å². The summed E-state index contributed by atoms with van der Waals surface area (Å²) in [7, 11) is 0. The normalized spacial score (nSPS) is 15.0. The standard InChI is InChI=1S/C24H26N4O/c29-24(28-17-15-27(16-18-28)22-11-13-25-14-12-22)26-23(21-9-5-2-6-10-21)19-20-7-3-1-4-8-20/h1-14,23H,15-19H2,(H,26,29). The molecule has 1 saturated heterocycles. The lowest BCUT2D eigenvalue weighted by Crippen LogP contribution is -2.52. The van der Waals surface area contributed by atoms with E-state index in [9.17, 15) is 4.79 Å². The van der Waals surface area contributed by atoms with Gasteiger partial charge in [0.25, 0.3) is 0 Å². The van der Waals surface area contributed by atoms with E-state index in [1.165, 1.54) is 5.56 Å². The Hall–Kier alpha value is -3.34. The highest BCUT2D eigenvalue weighted by Gasteiger charge is 2.24. The van der Waals surface area contributed by atoms with Crippen LogP contribution in [-0.2, 0) is 6.42 Å². The van der Waals surface area contributed by atoms with Gasteiger partial charge in [0.2, 0.25) is 0 Å². The van der Waals surface area contributed by atoms with Gasteiger partial charge in [-0.3, -0.25) is 4.98 Å². The molecular formula is C24H26N4O. The zero-order chi connectivity index (χ0) is 19.9. The number of hydrogen-bond donors (Lipinski definition) is 1. The van der Waals surface area contributed by atoms with Crippen molar-refractivity contribution in [1.82, 2.24) is 15.2 Å². The number of amides is 2. The Morgan fingerprint density at radius 1 is 0.862 bits per heavy atom. The molecule has 3 aromatic rings. The lowest BCUT2D eigenvalue weighted by Gasteiger charge is -2.36. The third-order valence-electron chi connectivity index (χ3n) is 5.38. The van der Waals surface area contributed by atoms with Crippen LogP contribution in [0.1, 0.15) is 17.2 Å². The molecule has 0 saturated carbocycles. The molecule has 4 rings (SSSR count). The third-order valence-corrected chi connectivity index (χ3v) is 5.38. The molecule has 29 heavy (non-hydrogen) atoms. The molecule has 148 valence electrons. The monoisotopic (exact) mass is 386 g/mol. The highest BCUT2D eigenvalue weighted by molar-refractivity contribution is 5.75. The van der Waals surface area contributed by atoms with Crippen LogP contribution in [0.15, 0.2) is 85.2 Å². The van der Waals surface area contributed by atoms with Crippen LogP contribution in [0.3, 0.4) is 0 Å². The average Bonchev–Trinajstić information content (AvgIpc) is 2.80. The third kappa shape index (κ3) is 4.93. The number of carbonyl (C=O) groups excluding carboxylic acids is 1. The van der Waals surface area contributed by atoms with Gasteiger partial charge in [0, 0.05) is 44.3 Å². The van der Waals surface area contributed by atoms with E-state index in [-0.39, 0.29) is 12.1 Å². The first kappa shape index (κ1) is 19.0. The van der Waals surface area contributed by atoms with E-state index < -0.39 is 0 Å². The zero-order valence-electron chi connectivity index (χ0n) is 16.4. The van der Waals surface area contributed by atoms with Crippen molar-refractivity contribution >= 4 is 11.7 Å². The maximum atomic E-state index is 13.0. The number of pyridine rings is 1. The Labute approximate surface area is 172 Å². The van der Waals surface area contributed by atoms with Crippen molar-refractivity contribution < 1.29 is 4.79 Å². The van der Waals surface area contributed by atoms with E-state index in [4.69, 9.17) is 0 Å². The number of nitrogens with one attached hydrogen (secondary N) is 1. The summed E-state index contributed by atoms with van der Waals surface area (Å²) in [6, 6.07) is 24.5. The predicted octanol–water partition coefficient (Wildman–Crippen LogP) is 3.90. The molecule has 1 unspecified atom stereocenters. The largest absolute Gasteiger partial charge is 0.368 e. The molecule has 5 heteroatoms. The van der Waals surface area contributed by atoms with Gasteiger partial charge in [-0.25, -0.2) is 4.79 Å². The van der Waals surface area contributed by atoms with Crippen molar-refractivity contribution in [3.63, 3.8) is 0 Å².